The van der Waals surface area contributed by atoms with Crippen molar-refractivity contribution in [2.24, 2.45) is 0 Å². The highest BCUT2D eigenvalue weighted by Gasteiger charge is 2.02. The van der Waals surface area contributed by atoms with Crippen LogP contribution >= 0.6 is 27.7 Å². The Balaban J connectivity index is 1.94. The van der Waals surface area contributed by atoms with Crippen LogP contribution in [0.5, 0.6) is 0 Å². The Morgan fingerprint density at radius 1 is 1.31 bits per heavy atom. The third-order valence-electron chi connectivity index (χ3n) is 1.91. The summed E-state index contributed by atoms with van der Waals surface area (Å²) in [7, 11) is 0. The first-order valence-electron chi connectivity index (χ1n) is 4.67. The standard InChI is InChI=1S/C10H10BrN3OS/c11-7-1-3-8(4-2-7)16-6-10-12-9(5-15)13-14-10/h1-4,15H,5-6H2,(H,12,13,14). The fourth-order valence-corrected chi connectivity index (χ4v) is 2.18. The van der Waals surface area contributed by atoms with Crippen molar-refractivity contribution >= 4 is 27.7 Å². The lowest BCUT2D eigenvalue weighted by atomic mass is 10.4. The van der Waals surface area contributed by atoms with Gasteiger partial charge in [0, 0.05) is 9.37 Å². The lowest BCUT2D eigenvalue weighted by molar-refractivity contribution is 0.272. The molecule has 1 aromatic carbocycles. The molecule has 84 valence electrons. The lowest BCUT2D eigenvalue weighted by Crippen LogP contribution is -1.86. The normalized spacial score (nSPS) is 10.6. The van der Waals surface area contributed by atoms with Crippen molar-refractivity contribution in [1.82, 2.24) is 15.2 Å². The number of nitrogens with one attached hydrogen (secondary N) is 1. The quantitative estimate of drug-likeness (QED) is 0.851. The summed E-state index contributed by atoms with van der Waals surface area (Å²) in [5.41, 5.74) is 0. The van der Waals surface area contributed by atoms with E-state index in [0.717, 1.165) is 10.3 Å². The maximum Gasteiger partial charge on any atom is 0.176 e. The number of hydrogen-bond donors (Lipinski definition) is 2. The average Bonchev–Trinajstić information content (AvgIpc) is 2.76. The summed E-state index contributed by atoms with van der Waals surface area (Å²) in [5, 5.41) is 15.5. The van der Waals surface area contributed by atoms with Crippen LogP contribution in [0, 0.1) is 0 Å². The van der Waals surface area contributed by atoms with Gasteiger partial charge < -0.3 is 5.11 Å². The number of aromatic nitrogens is 3. The molecule has 0 spiro atoms. The summed E-state index contributed by atoms with van der Waals surface area (Å²) in [6.45, 7) is -0.126. The Bertz CT molecular complexity index is 457. The number of aromatic amines is 1. The molecule has 0 aliphatic carbocycles. The van der Waals surface area contributed by atoms with E-state index in [9.17, 15) is 0 Å². The highest BCUT2D eigenvalue weighted by atomic mass is 79.9. The number of halogens is 1. The SMILES string of the molecule is OCc1n[nH]c(CSc2ccc(Br)cc2)n1. The Morgan fingerprint density at radius 3 is 2.69 bits per heavy atom. The first-order valence-corrected chi connectivity index (χ1v) is 6.45. The molecule has 2 rings (SSSR count). The van der Waals surface area contributed by atoms with Crippen molar-refractivity contribution in [3.8, 4) is 0 Å². The zero-order valence-electron chi connectivity index (χ0n) is 8.35. The number of aliphatic hydroxyl groups excluding tert-OH is 1. The Morgan fingerprint density at radius 2 is 2.06 bits per heavy atom. The van der Waals surface area contributed by atoms with Crippen LogP contribution in [-0.2, 0) is 12.4 Å². The average molecular weight is 300 g/mol. The molecule has 0 saturated heterocycles. The minimum absolute atomic E-state index is 0.126. The maximum atomic E-state index is 8.81. The van der Waals surface area contributed by atoms with Crippen molar-refractivity contribution < 1.29 is 5.11 Å². The monoisotopic (exact) mass is 299 g/mol. The van der Waals surface area contributed by atoms with E-state index in [1.54, 1.807) is 11.8 Å². The van der Waals surface area contributed by atoms with Gasteiger partial charge >= 0.3 is 0 Å². The molecule has 16 heavy (non-hydrogen) atoms. The summed E-state index contributed by atoms with van der Waals surface area (Å²) >= 11 is 5.06. The molecule has 0 fully saturated rings. The van der Waals surface area contributed by atoms with Crippen LogP contribution in [0.15, 0.2) is 33.6 Å². The second kappa shape index (κ2) is 5.47. The van der Waals surface area contributed by atoms with Crippen LogP contribution < -0.4 is 0 Å². The number of rotatable bonds is 4. The van der Waals surface area contributed by atoms with Crippen molar-refractivity contribution in [3.05, 3.63) is 40.4 Å². The predicted molar refractivity (Wildman–Crippen MR) is 66.0 cm³/mol. The second-order valence-corrected chi connectivity index (χ2v) is 5.06. The third-order valence-corrected chi connectivity index (χ3v) is 3.46. The van der Waals surface area contributed by atoms with Gasteiger partial charge in [-0.15, -0.1) is 11.8 Å². The van der Waals surface area contributed by atoms with E-state index in [1.165, 1.54) is 4.90 Å². The van der Waals surface area contributed by atoms with Gasteiger partial charge in [0.25, 0.3) is 0 Å². The van der Waals surface area contributed by atoms with E-state index in [0.29, 0.717) is 11.6 Å². The number of hydrogen-bond acceptors (Lipinski definition) is 4. The van der Waals surface area contributed by atoms with Crippen LogP contribution in [0.3, 0.4) is 0 Å². The molecule has 0 aliphatic heterocycles. The Hall–Kier alpha value is -0.850. The van der Waals surface area contributed by atoms with Crippen LogP contribution in [0.2, 0.25) is 0 Å². The van der Waals surface area contributed by atoms with Gasteiger partial charge in [0.05, 0.1) is 5.75 Å². The van der Waals surface area contributed by atoms with Crippen molar-refractivity contribution in [2.75, 3.05) is 0 Å². The molecule has 2 aromatic rings. The number of benzene rings is 1. The molecular formula is C10H10BrN3OS. The number of aliphatic hydroxyl groups is 1. The Kier molecular flexibility index (Phi) is 3.98. The lowest BCUT2D eigenvalue weighted by Gasteiger charge is -1.98. The highest BCUT2D eigenvalue weighted by Crippen LogP contribution is 2.23. The van der Waals surface area contributed by atoms with Crippen molar-refractivity contribution in [1.29, 1.82) is 0 Å². The van der Waals surface area contributed by atoms with Gasteiger partial charge in [0.15, 0.2) is 5.82 Å². The van der Waals surface area contributed by atoms with E-state index in [1.807, 2.05) is 24.3 Å². The van der Waals surface area contributed by atoms with Gasteiger partial charge in [-0.2, -0.15) is 5.10 Å². The first-order chi connectivity index (χ1) is 7.78. The van der Waals surface area contributed by atoms with E-state index in [2.05, 4.69) is 31.1 Å². The topological polar surface area (TPSA) is 61.8 Å². The van der Waals surface area contributed by atoms with E-state index >= 15 is 0 Å². The van der Waals surface area contributed by atoms with Gasteiger partial charge in [-0.25, -0.2) is 4.98 Å². The van der Waals surface area contributed by atoms with Gasteiger partial charge in [0.1, 0.15) is 12.4 Å². The molecule has 0 atom stereocenters. The van der Waals surface area contributed by atoms with Crippen molar-refractivity contribution in [3.63, 3.8) is 0 Å². The molecule has 0 saturated carbocycles. The summed E-state index contributed by atoms with van der Waals surface area (Å²) in [6.07, 6.45) is 0. The predicted octanol–water partition coefficient (Wildman–Crippen LogP) is 2.35. The maximum absolute atomic E-state index is 8.81. The third kappa shape index (κ3) is 3.07. The van der Waals surface area contributed by atoms with Crippen LogP contribution in [0.25, 0.3) is 0 Å². The molecule has 2 N–H and O–H groups in total. The minimum Gasteiger partial charge on any atom is -0.388 e. The molecule has 0 aliphatic rings. The van der Waals surface area contributed by atoms with Gasteiger partial charge in [-0.3, -0.25) is 5.10 Å². The van der Waals surface area contributed by atoms with E-state index in [-0.39, 0.29) is 6.61 Å². The van der Waals surface area contributed by atoms with Gasteiger partial charge in [0.2, 0.25) is 0 Å². The molecule has 6 heteroatoms. The van der Waals surface area contributed by atoms with Gasteiger partial charge in [-0.1, -0.05) is 15.9 Å². The molecule has 0 radical (unpaired) electrons. The fourth-order valence-electron chi connectivity index (χ4n) is 1.15. The van der Waals surface area contributed by atoms with Crippen LogP contribution in [0.1, 0.15) is 11.6 Å². The summed E-state index contributed by atoms with van der Waals surface area (Å²) in [6, 6.07) is 8.08. The molecule has 1 heterocycles. The first kappa shape index (κ1) is 11.6. The molecule has 0 unspecified atom stereocenters. The largest absolute Gasteiger partial charge is 0.388 e. The number of thioether (sulfide) groups is 1. The smallest absolute Gasteiger partial charge is 0.176 e. The molecule has 4 nitrogen and oxygen atoms in total. The highest BCUT2D eigenvalue weighted by molar-refractivity contribution is 9.10. The van der Waals surface area contributed by atoms with Gasteiger partial charge in [-0.05, 0) is 24.3 Å². The Labute approximate surface area is 106 Å². The molecule has 0 amide bonds. The summed E-state index contributed by atoms with van der Waals surface area (Å²) in [5.74, 6) is 1.93. The summed E-state index contributed by atoms with van der Waals surface area (Å²) < 4.78 is 1.07. The molecular weight excluding hydrogens is 290 g/mol. The second-order valence-electron chi connectivity index (χ2n) is 3.10. The van der Waals surface area contributed by atoms with E-state index < -0.39 is 0 Å². The van der Waals surface area contributed by atoms with Crippen LogP contribution in [0.4, 0.5) is 0 Å². The van der Waals surface area contributed by atoms with E-state index in [4.69, 9.17) is 5.11 Å². The molecule has 1 aromatic heterocycles. The van der Waals surface area contributed by atoms with Crippen LogP contribution in [-0.4, -0.2) is 20.3 Å². The zero-order chi connectivity index (χ0) is 11.4. The minimum atomic E-state index is -0.126. The molecule has 0 bridgehead atoms. The zero-order valence-corrected chi connectivity index (χ0v) is 10.8. The fraction of sp³-hybridized carbons (Fsp3) is 0.200. The number of H-pyrrole nitrogens is 1. The van der Waals surface area contributed by atoms with Crippen molar-refractivity contribution in [2.45, 2.75) is 17.3 Å². The summed E-state index contributed by atoms with van der Waals surface area (Å²) in [4.78, 5) is 5.29. The number of nitrogens with zero attached hydrogens (tertiary/aromatic N) is 2.